The van der Waals surface area contributed by atoms with E-state index >= 15 is 0 Å². The van der Waals surface area contributed by atoms with Gasteiger partial charge in [0.2, 0.25) is 5.91 Å². The maximum Gasteiger partial charge on any atom is 0.410 e. The van der Waals surface area contributed by atoms with Crippen LogP contribution >= 0.6 is 11.3 Å². The second-order valence-corrected chi connectivity index (χ2v) is 9.77. The average Bonchev–Trinajstić information content (AvgIpc) is 3.25. The van der Waals surface area contributed by atoms with Crippen molar-refractivity contribution in [3.05, 3.63) is 57.8 Å². The molecule has 0 radical (unpaired) electrons. The minimum Gasteiger partial charge on any atom is -0.444 e. The molecule has 0 bridgehead atoms. The number of likely N-dealkylation sites (tertiary alicyclic amines) is 1. The number of hydrogen-bond donors (Lipinski definition) is 1. The Labute approximate surface area is 183 Å². The normalized spacial score (nSPS) is 16.2. The number of carbonyl (C=O) groups excluding carboxylic acids is 2. The number of carbonyl (C=O) groups is 2. The summed E-state index contributed by atoms with van der Waals surface area (Å²) >= 11 is 1.65. The zero-order valence-corrected chi connectivity index (χ0v) is 19.1. The first-order chi connectivity index (χ1) is 14.3. The van der Waals surface area contributed by atoms with Crippen LogP contribution in [0.5, 0.6) is 0 Å². The quantitative estimate of drug-likeness (QED) is 0.715. The molecule has 1 aliphatic heterocycles. The molecule has 162 valence electrons. The summed E-state index contributed by atoms with van der Waals surface area (Å²) in [7, 11) is 0. The van der Waals surface area contributed by atoms with Gasteiger partial charge in [-0.2, -0.15) is 0 Å². The summed E-state index contributed by atoms with van der Waals surface area (Å²) in [5.41, 5.74) is 1.87. The molecule has 0 saturated carbocycles. The van der Waals surface area contributed by atoms with E-state index in [1.165, 1.54) is 5.56 Å². The lowest BCUT2D eigenvalue weighted by Gasteiger charge is -2.33. The number of amides is 2. The summed E-state index contributed by atoms with van der Waals surface area (Å²) in [6, 6.07) is 12.4. The highest BCUT2D eigenvalue weighted by molar-refractivity contribution is 7.10. The third-order valence-corrected chi connectivity index (χ3v) is 6.29. The topological polar surface area (TPSA) is 58.6 Å². The van der Waals surface area contributed by atoms with Crippen LogP contribution in [0.4, 0.5) is 4.79 Å². The first-order valence-corrected chi connectivity index (χ1v) is 11.6. The first-order valence-electron chi connectivity index (χ1n) is 10.7. The second-order valence-electron chi connectivity index (χ2n) is 8.79. The molecule has 1 unspecified atom stereocenters. The number of piperidine rings is 1. The fraction of sp³-hybridized carbons (Fsp3) is 0.500. The van der Waals surface area contributed by atoms with E-state index in [1.807, 2.05) is 32.2 Å². The monoisotopic (exact) mass is 428 g/mol. The van der Waals surface area contributed by atoms with Crippen molar-refractivity contribution < 1.29 is 14.3 Å². The average molecular weight is 429 g/mol. The van der Waals surface area contributed by atoms with Crippen LogP contribution < -0.4 is 5.32 Å². The Kier molecular flexibility index (Phi) is 7.19. The number of benzene rings is 1. The molecular formula is C24H32N2O3S. The van der Waals surface area contributed by atoms with Gasteiger partial charge in [0.15, 0.2) is 0 Å². The number of rotatable bonds is 5. The lowest BCUT2D eigenvalue weighted by atomic mass is 9.94. The van der Waals surface area contributed by atoms with Crippen molar-refractivity contribution in [1.82, 2.24) is 10.2 Å². The number of aryl methyl sites for hydroxylation is 1. The van der Waals surface area contributed by atoms with Gasteiger partial charge in [0.05, 0.1) is 6.04 Å². The summed E-state index contributed by atoms with van der Waals surface area (Å²) in [5.74, 6) is -0.0436. The molecule has 1 fully saturated rings. The highest BCUT2D eigenvalue weighted by Gasteiger charge is 2.31. The molecule has 2 aromatic rings. The van der Waals surface area contributed by atoms with E-state index in [0.717, 1.165) is 16.9 Å². The molecule has 1 aromatic carbocycles. The zero-order valence-electron chi connectivity index (χ0n) is 18.3. The van der Waals surface area contributed by atoms with Crippen molar-refractivity contribution in [3.63, 3.8) is 0 Å². The Morgan fingerprint density at radius 2 is 1.83 bits per heavy atom. The van der Waals surface area contributed by atoms with Gasteiger partial charge >= 0.3 is 6.09 Å². The van der Waals surface area contributed by atoms with Gasteiger partial charge in [0.1, 0.15) is 5.60 Å². The van der Waals surface area contributed by atoms with Crippen LogP contribution in [0.3, 0.4) is 0 Å². The molecule has 1 aliphatic rings. The molecule has 0 spiro atoms. The predicted octanol–water partition coefficient (Wildman–Crippen LogP) is 5.16. The minimum absolute atomic E-state index is 0.0526. The van der Waals surface area contributed by atoms with Crippen LogP contribution in [0.25, 0.3) is 0 Å². The number of nitrogens with zero attached hydrogens (tertiary/aromatic N) is 1. The van der Waals surface area contributed by atoms with Crippen molar-refractivity contribution in [1.29, 1.82) is 0 Å². The number of hydrogen-bond acceptors (Lipinski definition) is 4. The summed E-state index contributed by atoms with van der Waals surface area (Å²) < 4.78 is 5.45. The molecule has 0 aliphatic carbocycles. The highest BCUT2D eigenvalue weighted by Crippen LogP contribution is 2.28. The fourth-order valence-corrected chi connectivity index (χ4v) is 4.43. The van der Waals surface area contributed by atoms with Crippen LogP contribution in [0.15, 0.2) is 41.8 Å². The molecule has 1 N–H and O–H groups in total. The van der Waals surface area contributed by atoms with E-state index in [1.54, 1.807) is 16.2 Å². The summed E-state index contributed by atoms with van der Waals surface area (Å²) in [4.78, 5) is 28.2. The SMILES string of the molecule is CCc1ccc(C(NC(=O)C2CCN(C(=O)OC(C)(C)C)CC2)c2cccs2)cc1. The number of thiophene rings is 1. The van der Waals surface area contributed by atoms with Gasteiger partial charge in [-0.05, 0) is 62.6 Å². The van der Waals surface area contributed by atoms with Crippen LogP contribution in [-0.2, 0) is 16.0 Å². The van der Waals surface area contributed by atoms with Gasteiger partial charge in [0.25, 0.3) is 0 Å². The van der Waals surface area contributed by atoms with Crippen molar-refractivity contribution in [3.8, 4) is 0 Å². The molecular weight excluding hydrogens is 396 g/mol. The minimum atomic E-state index is -0.507. The van der Waals surface area contributed by atoms with Crippen LogP contribution in [0.1, 0.15) is 62.6 Å². The predicted molar refractivity (Wildman–Crippen MR) is 121 cm³/mol. The molecule has 6 heteroatoms. The first kappa shape index (κ1) is 22.3. The van der Waals surface area contributed by atoms with E-state index in [9.17, 15) is 9.59 Å². The Morgan fingerprint density at radius 3 is 2.37 bits per heavy atom. The Bertz CT molecular complexity index is 832. The molecule has 3 rings (SSSR count). The van der Waals surface area contributed by atoms with E-state index < -0.39 is 5.60 Å². The van der Waals surface area contributed by atoms with Gasteiger partial charge in [-0.15, -0.1) is 11.3 Å². The third-order valence-electron chi connectivity index (χ3n) is 5.35. The summed E-state index contributed by atoms with van der Waals surface area (Å²) in [5, 5.41) is 5.30. The lowest BCUT2D eigenvalue weighted by Crippen LogP contribution is -2.45. The lowest BCUT2D eigenvalue weighted by molar-refractivity contribution is -0.127. The van der Waals surface area contributed by atoms with E-state index in [2.05, 4.69) is 42.6 Å². The van der Waals surface area contributed by atoms with Gasteiger partial charge < -0.3 is 15.0 Å². The Balaban J connectivity index is 1.63. The molecule has 2 amide bonds. The standard InChI is InChI=1S/C24H32N2O3S/c1-5-17-8-10-18(11-9-17)21(20-7-6-16-30-20)25-22(27)19-12-14-26(15-13-19)23(28)29-24(2,3)4/h6-11,16,19,21H,5,12-15H2,1-4H3,(H,25,27). The van der Waals surface area contributed by atoms with E-state index in [0.29, 0.717) is 25.9 Å². The van der Waals surface area contributed by atoms with Gasteiger partial charge in [-0.3, -0.25) is 4.79 Å². The van der Waals surface area contributed by atoms with Gasteiger partial charge in [-0.25, -0.2) is 4.79 Å². The maximum absolute atomic E-state index is 13.1. The van der Waals surface area contributed by atoms with E-state index in [-0.39, 0.29) is 24.0 Å². The fourth-order valence-electron chi connectivity index (χ4n) is 3.63. The Morgan fingerprint density at radius 1 is 1.17 bits per heavy atom. The van der Waals surface area contributed by atoms with Crippen molar-refractivity contribution in [2.45, 2.75) is 58.6 Å². The van der Waals surface area contributed by atoms with Crippen LogP contribution in [-0.4, -0.2) is 35.6 Å². The molecule has 1 saturated heterocycles. The number of nitrogens with one attached hydrogen (secondary N) is 1. The van der Waals surface area contributed by atoms with Crippen molar-refractivity contribution in [2.75, 3.05) is 13.1 Å². The van der Waals surface area contributed by atoms with Gasteiger partial charge in [0, 0.05) is 23.9 Å². The largest absolute Gasteiger partial charge is 0.444 e. The summed E-state index contributed by atoms with van der Waals surface area (Å²) in [6.07, 6.45) is 1.99. The molecule has 1 aromatic heterocycles. The molecule has 1 atom stereocenters. The van der Waals surface area contributed by atoms with Crippen LogP contribution in [0.2, 0.25) is 0 Å². The van der Waals surface area contributed by atoms with Crippen molar-refractivity contribution in [2.24, 2.45) is 5.92 Å². The molecule has 30 heavy (non-hydrogen) atoms. The smallest absolute Gasteiger partial charge is 0.410 e. The Hall–Kier alpha value is -2.34. The molecule has 2 heterocycles. The van der Waals surface area contributed by atoms with E-state index in [4.69, 9.17) is 4.74 Å². The number of ether oxygens (including phenoxy) is 1. The van der Waals surface area contributed by atoms with Crippen LogP contribution in [0, 0.1) is 5.92 Å². The summed E-state index contributed by atoms with van der Waals surface area (Å²) in [6.45, 7) is 8.81. The second kappa shape index (κ2) is 9.65. The molecule has 5 nitrogen and oxygen atoms in total. The highest BCUT2D eigenvalue weighted by atomic mass is 32.1. The third kappa shape index (κ3) is 5.85. The zero-order chi connectivity index (χ0) is 21.7. The van der Waals surface area contributed by atoms with Gasteiger partial charge in [-0.1, -0.05) is 37.3 Å². The maximum atomic E-state index is 13.1. The van der Waals surface area contributed by atoms with Crippen molar-refractivity contribution >= 4 is 23.3 Å².